The van der Waals surface area contributed by atoms with E-state index in [1.165, 1.54) is 18.7 Å². The average Bonchev–Trinajstić information content (AvgIpc) is 2.44. The van der Waals surface area contributed by atoms with Gasteiger partial charge in [-0.2, -0.15) is 12.6 Å². The summed E-state index contributed by atoms with van der Waals surface area (Å²) in [4.78, 5) is 22.9. The lowest BCUT2D eigenvalue weighted by Gasteiger charge is -2.18. The third kappa shape index (κ3) is 5.88. The molecule has 1 rings (SSSR count). The van der Waals surface area contributed by atoms with E-state index in [1.54, 1.807) is 0 Å². The normalized spacial score (nSPS) is 13.5. The van der Waals surface area contributed by atoms with Crippen LogP contribution in [0.15, 0.2) is 30.3 Å². The molecule has 0 aromatic heterocycles. The molecule has 0 radical (unpaired) electrons. The molecule has 0 saturated heterocycles. The minimum atomic E-state index is -1.03. The second-order valence-electron chi connectivity index (χ2n) is 4.34. The average molecular weight is 313 g/mol. The number of thiol groups is 1. The largest absolute Gasteiger partial charge is 0.480 e. The maximum atomic E-state index is 12.1. The van der Waals surface area contributed by atoms with Gasteiger partial charge in [0.1, 0.15) is 6.04 Å². The first-order valence-corrected chi connectivity index (χ1v) is 8.02. The first-order chi connectivity index (χ1) is 9.54. The molecule has 1 aromatic rings. The minimum Gasteiger partial charge on any atom is -0.480 e. The molecule has 0 saturated carbocycles. The maximum Gasteiger partial charge on any atom is 0.325 e. The molecule has 0 spiro atoms. The second kappa shape index (κ2) is 8.92. The summed E-state index contributed by atoms with van der Waals surface area (Å²) >= 11 is 5.64. The molecule has 4 nitrogen and oxygen atoms in total. The van der Waals surface area contributed by atoms with Crippen LogP contribution in [0.5, 0.6) is 0 Å². The van der Waals surface area contributed by atoms with E-state index in [-0.39, 0.29) is 11.2 Å². The Kier molecular flexibility index (Phi) is 7.54. The number of carboxylic acids is 1. The number of thioether (sulfide) groups is 1. The molecule has 0 fully saturated rings. The van der Waals surface area contributed by atoms with E-state index in [0.717, 1.165) is 11.3 Å². The highest BCUT2D eigenvalue weighted by atomic mass is 32.2. The zero-order valence-corrected chi connectivity index (χ0v) is 13.0. The van der Waals surface area contributed by atoms with Crippen molar-refractivity contribution in [2.75, 3.05) is 11.5 Å². The van der Waals surface area contributed by atoms with Gasteiger partial charge in [0.2, 0.25) is 5.91 Å². The zero-order chi connectivity index (χ0) is 15.0. The van der Waals surface area contributed by atoms with Crippen LogP contribution < -0.4 is 5.32 Å². The monoisotopic (exact) mass is 313 g/mol. The van der Waals surface area contributed by atoms with Crippen LogP contribution in [0.1, 0.15) is 12.5 Å². The minimum absolute atomic E-state index is 0.240. The molecular formula is C14H19NO3S2. The van der Waals surface area contributed by atoms with Crippen molar-refractivity contribution in [3.8, 4) is 0 Å². The van der Waals surface area contributed by atoms with E-state index in [2.05, 4.69) is 17.9 Å². The summed E-state index contributed by atoms with van der Waals surface area (Å²) in [5, 5.41) is 11.1. The molecule has 2 N–H and O–H groups in total. The Hall–Kier alpha value is -1.14. The van der Waals surface area contributed by atoms with E-state index in [4.69, 9.17) is 5.11 Å². The van der Waals surface area contributed by atoms with Crippen LogP contribution in [0.3, 0.4) is 0 Å². The summed E-state index contributed by atoms with van der Waals surface area (Å²) < 4.78 is 0. The smallest absolute Gasteiger partial charge is 0.325 e. The van der Waals surface area contributed by atoms with Crippen LogP contribution in [0, 0.1) is 0 Å². The van der Waals surface area contributed by atoms with Gasteiger partial charge in [0.05, 0.1) is 5.25 Å². The summed E-state index contributed by atoms with van der Waals surface area (Å²) in [6.45, 7) is 1.46. The number of amides is 1. The lowest BCUT2D eigenvalue weighted by molar-refractivity contribution is -0.141. The zero-order valence-electron chi connectivity index (χ0n) is 11.3. The fourth-order valence-corrected chi connectivity index (χ4v) is 2.85. The van der Waals surface area contributed by atoms with E-state index in [9.17, 15) is 9.59 Å². The molecule has 0 heterocycles. The van der Waals surface area contributed by atoms with Gasteiger partial charge in [0.15, 0.2) is 0 Å². The van der Waals surface area contributed by atoms with Crippen LogP contribution >= 0.6 is 24.4 Å². The molecule has 0 aliphatic carbocycles. The fraction of sp³-hybridized carbons (Fsp3) is 0.429. The van der Waals surface area contributed by atoms with Crippen LogP contribution in [0.2, 0.25) is 0 Å². The van der Waals surface area contributed by atoms with Crippen LogP contribution in [0.4, 0.5) is 0 Å². The van der Waals surface area contributed by atoms with Crippen molar-refractivity contribution >= 4 is 36.3 Å². The molecular weight excluding hydrogens is 294 g/mol. The van der Waals surface area contributed by atoms with Crippen molar-refractivity contribution in [2.45, 2.75) is 24.6 Å². The van der Waals surface area contributed by atoms with Crippen LogP contribution in [-0.2, 0) is 16.0 Å². The van der Waals surface area contributed by atoms with Crippen LogP contribution in [0.25, 0.3) is 0 Å². The maximum absolute atomic E-state index is 12.1. The Morgan fingerprint density at radius 3 is 2.55 bits per heavy atom. The Labute approximate surface area is 128 Å². The molecule has 1 aromatic carbocycles. The number of hydrogen-bond donors (Lipinski definition) is 3. The summed E-state index contributed by atoms with van der Waals surface area (Å²) in [5.74, 6) is 0.152. The molecule has 6 heteroatoms. The third-order valence-corrected chi connectivity index (χ3v) is 4.44. The van der Waals surface area contributed by atoms with Crippen LogP contribution in [-0.4, -0.2) is 39.8 Å². The van der Waals surface area contributed by atoms with Gasteiger partial charge in [0, 0.05) is 5.75 Å². The van der Waals surface area contributed by atoms with Gasteiger partial charge < -0.3 is 10.4 Å². The van der Waals surface area contributed by atoms with Gasteiger partial charge in [-0.1, -0.05) is 30.3 Å². The molecule has 0 aliphatic rings. The number of carbonyl (C=O) groups is 2. The predicted octanol–water partition coefficient (Wildman–Crippen LogP) is 1.85. The number of aliphatic carboxylic acids is 1. The summed E-state index contributed by atoms with van der Waals surface area (Å²) in [6.07, 6.45) is 0.581. The van der Waals surface area contributed by atoms with E-state index < -0.39 is 12.0 Å². The standard InChI is InChI=1S/C14H19NO3S2/c1-10(14(17)18)15-13(16)12(20-8-7-19)9-11-5-3-2-4-6-11/h2-6,10,12,19H,7-9H2,1H3,(H,15,16)(H,17,18)/t10-,12-/m0/s1. The molecule has 20 heavy (non-hydrogen) atoms. The first kappa shape index (κ1) is 16.9. The number of carbonyl (C=O) groups excluding carboxylic acids is 1. The van der Waals surface area contributed by atoms with E-state index >= 15 is 0 Å². The summed E-state index contributed by atoms with van der Waals surface area (Å²) in [7, 11) is 0. The van der Waals surface area contributed by atoms with Gasteiger partial charge in [-0.05, 0) is 24.7 Å². The molecule has 2 atom stereocenters. The molecule has 0 aliphatic heterocycles. The molecule has 0 bridgehead atoms. The molecule has 110 valence electrons. The fourth-order valence-electron chi connectivity index (χ4n) is 1.62. The number of hydrogen-bond acceptors (Lipinski definition) is 4. The number of benzene rings is 1. The Balaban J connectivity index is 2.67. The van der Waals surface area contributed by atoms with Crippen molar-refractivity contribution < 1.29 is 14.7 Å². The highest BCUT2D eigenvalue weighted by Gasteiger charge is 2.22. The number of carboxylic acid groups (broad SMARTS) is 1. The van der Waals surface area contributed by atoms with Gasteiger partial charge in [0.25, 0.3) is 0 Å². The van der Waals surface area contributed by atoms with Gasteiger partial charge in [-0.3, -0.25) is 9.59 Å². The van der Waals surface area contributed by atoms with E-state index in [1.807, 2.05) is 30.3 Å². The van der Waals surface area contributed by atoms with Gasteiger partial charge in [-0.15, -0.1) is 11.8 Å². The predicted molar refractivity (Wildman–Crippen MR) is 85.5 cm³/mol. The van der Waals surface area contributed by atoms with Crippen molar-refractivity contribution in [3.05, 3.63) is 35.9 Å². The van der Waals surface area contributed by atoms with Gasteiger partial charge >= 0.3 is 5.97 Å². The number of rotatable bonds is 8. The third-order valence-electron chi connectivity index (χ3n) is 2.70. The van der Waals surface area contributed by atoms with Crippen molar-refractivity contribution in [1.82, 2.24) is 5.32 Å². The highest BCUT2D eigenvalue weighted by Crippen LogP contribution is 2.17. The lowest BCUT2D eigenvalue weighted by atomic mass is 10.1. The molecule has 1 amide bonds. The summed E-state index contributed by atoms with van der Waals surface area (Å²) in [5.41, 5.74) is 1.06. The summed E-state index contributed by atoms with van der Waals surface area (Å²) in [6, 6.07) is 8.81. The SMILES string of the molecule is C[C@H](NC(=O)[C@H](Cc1ccccc1)SCCS)C(=O)O. The van der Waals surface area contributed by atoms with Crippen molar-refractivity contribution in [3.63, 3.8) is 0 Å². The lowest BCUT2D eigenvalue weighted by Crippen LogP contribution is -2.43. The van der Waals surface area contributed by atoms with E-state index in [0.29, 0.717) is 12.2 Å². The first-order valence-electron chi connectivity index (χ1n) is 6.34. The Morgan fingerprint density at radius 2 is 2.00 bits per heavy atom. The quantitative estimate of drug-likeness (QED) is 0.641. The molecule has 0 unspecified atom stereocenters. The Bertz CT molecular complexity index is 439. The van der Waals surface area contributed by atoms with Gasteiger partial charge in [-0.25, -0.2) is 0 Å². The van der Waals surface area contributed by atoms with Crippen molar-refractivity contribution in [2.24, 2.45) is 0 Å². The second-order valence-corrected chi connectivity index (χ2v) is 6.10. The van der Waals surface area contributed by atoms with Crippen molar-refractivity contribution in [1.29, 1.82) is 0 Å². The highest BCUT2D eigenvalue weighted by molar-refractivity contribution is 8.01. The topological polar surface area (TPSA) is 66.4 Å². The Morgan fingerprint density at radius 1 is 1.35 bits per heavy atom. The number of nitrogens with one attached hydrogen (secondary N) is 1.